The highest BCUT2D eigenvalue weighted by Gasteiger charge is 2.34. The number of fused-ring (bicyclic) bond motifs is 2. The predicted molar refractivity (Wildman–Crippen MR) is 140 cm³/mol. The number of hydrogen-bond acceptors (Lipinski definition) is 7. The molecule has 5 rings (SSSR count). The van der Waals surface area contributed by atoms with E-state index in [-0.39, 0.29) is 29.4 Å². The monoisotopic (exact) mass is 505 g/mol. The Morgan fingerprint density at radius 1 is 1.19 bits per heavy atom. The highest BCUT2D eigenvalue weighted by atomic mass is 32.1. The number of nitrogens with one attached hydrogen (secondary N) is 1. The summed E-state index contributed by atoms with van der Waals surface area (Å²) in [7, 11) is 0. The molecule has 1 amide bonds. The number of carbonyl (C=O) groups excluding carboxylic acids is 1. The van der Waals surface area contributed by atoms with Gasteiger partial charge in [0.1, 0.15) is 5.00 Å². The molecule has 3 aromatic rings. The summed E-state index contributed by atoms with van der Waals surface area (Å²) in [6.45, 7) is 6.76. The zero-order chi connectivity index (χ0) is 25.4. The van der Waals surface area contributed by atoms with Crippen molar-refractivity contribution in [3.8, 4) is 11.5 Å². The lowest BCUT2D eigenvalue weighted by atomic mass is 9.72. The molecule has 2 aliphatic rings. The molecule has 1 aromatic heterocycles. The molecule has 1 N–H and O–H groups in total. The fourth-order valence-electron chi connectivity index (χ4n) is 4.69. The van der Waals surface area contributed by atoms with Gasteiger partial charge in [-0.25, -0.2) is 4.99 Å². The van der Waals surface area contributed by atoms with Crippen LogP contribution in [0, 0.1) is 21.4 Å². The van der Waals surface area contributed by atoms with Crippen molar-refractivity contribution in [2.45, 2.75) is 40.0 Å². The van der Waals surface area contributed by atoms with Crippen molar-refractivity contribution in [2.75, 3.05) is 12.1 Å². The Kier molecular flexibility index (Phi) is 6.26. The number of rotatable bonds is 5. The molecule has 0 radical (unpaired) electrons. The Morgan fingerprint density at radius 3 is 2.61 bits per heavy atom. The van der Waals surface area contributed by atoms with Crippen LogP contribution in [-0.4, -0.2) is 23.8 Å². The molecule has 0 fully saturated rings. The highest BCUT2D eigenvalue weighted by molar-refractivity contribution is 7.16. The quantitative estimate of drug-likeness (QED) is 0.241. The summed E-state index contributed by atoms with van der Waals surface area (Å²) >= 11 is 1.50. The molecule has 0 spiro atoms. The number of nitro benzene ring substituents is 1. The summed E-state index contributed by atoms with van der Waals surface area (Å²) in [5, 5.41) is 15.2. The number of thiophene rings is 1. The molecule has 36 heavy (non-hydrogen) atoms. The molecule has 0 bridgehead atoms. The first kappa shape index (κ1) is 24.0. The smallest absolute Gasteiger partial charge is 0.282 e. The molecular weight excluding hydrogens is 478 g/mol. The minimum Gasteiger partial charge on any atom is -0.454 e. The Hall–Kier alpha value is -3.72. The lowest BCUT2D eigenvalue weighted by Gasteiger charge is -2.33. The van der Waals surface area contributed by atoms with Crippen LogP contribution < -0.4 is 14.8 Å². The van der Waals surface area contributed by atoms with E-state index in [1.807, 2.05) is 30.3 Å². The first-order chi connectivity index (χ1) is 17.2. The first-order valence-corrected chi connectivity index (χ1v) is 12.7. The fraction of sp³-hybridized carbons (Fsp3) is 0.333. The van der Waals surface area contributed by atoms with Gasteiger partial charge >= 0.3 is 0 Å². The number of carbonyl (C=O) groups is 1. The average Bonchev–Trinajstić information content (AvgIpc) is 3.45. The Labute approximate surface area is 213 Å². The van der Waals surface area contributed by atoms with E-state index in [2.05, 4.69) is 31.1 Å². The summed E-state index contributed by atoms with van der Waals surface area (Å²) in [4.78, 5) is 30.5. The van der Waals surface area contributed by atoms with Crippen LogP contribution in [-0.2, 0) is 12.8 Å². The highest BCUT2D eigenvalue weighted by Crippen LogP contribution is 2.46. The van der Waals surface area contributed by atoms with Gasteiger partial charge in [-0.05, 0) is 54.4 Å². The second-order valence-corrected chi connectivity index (χ2v) is 11.2. The van der Waals surface area contributed by atoms with Crippen molar-refractivity contribution in [1.82, 2.24) is 0 Å². The minimum absolute atomic E-state index is 0.0173. The lowest BCUT2D eigenvalue weighted by Crippen LogP contribution is -2.27. The predicted octanol–water partition coefficient (Wildman–Crippen LogP) is 6.54. The Balaban J connectivity index is 1.55. The van der Waals surface area contributed by atoms with Gasteiger partial charge in [0.05, 0.1) is 22.1 Å². The van der Waals surface area contributed by atoms with Crippen LogP contribution in [0.25, 0.3) is 0 Å². The van der Waals surface area contributed by atoms with Crippen molar-refractivity contribution >= 4 is 39.8 Å². The molecular formula is C27H27N3O5S. The summed E-state index contributed by atoms with van der Waals surface area (Å²) < 4.78 is 10.7. The van der Waals surface area contributed by atoms with Gasteiger partial charge in [-0.3, -0.25) is 14.9 Å². The van der Waals surface area contributed by atoms with Gasteiger partial charge in [-0.2, -0.15) is 0 Å². The maximum Gasteiger partial charge on any atom is 0.282 e. The molecule has 9 heteroatoms. The van der Waals surface area contributed by atoms with Crippen molar-refractivity contribution < 1.29 is 19.2 Å². The Bertz CT molecular complexity index is 1360. The minimum atomic E-state index is -0.473. The van der Waals surface area contributed by atoms with Gasteiger partial charge in [0.2, 0.25) is 6.79 Å². The molecule has 0 saturated heterocycles. The van der Waals surface area contributed by atoms with Gasteiger partial charge in [-0.1, -0.05) is 39.0 Å². The zero-order valence-corrected chi connectivity index (χ0v) is 21.2. The molecule has 1 aliphatic heterocycles. The number of amides is 1. The van der Waals surface area contributed by atoms with Gasteiger partial charge in [0.25, 0.3) is 11.6 Å². The largest absolute Gasteiger partial charge is 0.454 e. The summed E-state index contributed by atoms with van der Waals surface area (Å²) in [6.07, 6.45) is 4.12. The van der Waals surface area contributed by atoms with E-state index in [0.29, 0.717) is 33.7 Å². The van der Waals surface area contributed by atoms with Crippen molar-refractivity contribution in [3.63, 3.8) is 0 Å². The third-order valence-electron chi connectivity index (χ3n) is 6.77. The van der Waals surface area contributed by atoms with Crippen molar-refractivity contribution in [1.29, 1.82) is 0 Å². The van der Waals surface area contributed by atoms with E-state index in [1.54, 1.807) is 6.07 Å². The number of aliphatic imine (C=N–C) groups is 1. The second kappa shape index (κ2) is 9.39. The van der Waals surface area contributed by atoms with Crippen molar-refractivity contribution in [3.05, 3.63) is 74.1 Å². The summed E-state index contributed by atoms with van der Waals surface area (Å²) in [5.41, 5.74) is 2.59. The molecule has 1 aliphatic carbocycles. The van der Waals surface area contributed by atoms with E-state index in [9.17, 15) is 14.9 Å². The number of hydrogen-bond donors (Lipinski definition) is 1. The fourth-order valence-corrected chi connectivity index (χ4v) is 5.96. The van der Waals surface area contributed by atoms with Crippen LogP contribution in [0.1, 0.15) is 53.6 Å². The third-order valence-corrected chi connectivity index (χ3v) is 7.93. The topological polar surface area (TPSA) is 103 Å². The lowest BCUT2D eigenvalue weighted by molar-refractivity contribution is -0.385. The van der Waals surface area contributed by atoms with Gasteiger partial charge in [-0.15, -0.1) is 11.3 Å². The SMILES string of the molecule is CC(C)(C)[C@H]1CCc2c(sc(N=Cc3cc4c(cc3[N+](=O)[O-])OCO4)c2C(=O)Nc2ccccc2)C1. The van der Waals surface area contributed by atoms with Crippen LogP contribution in [0.3, 0.4) is 0 Å². The van der Waals surface area contributed by atoms with E-state index < -0.39 is 4.92 Å². The normalized spacial score (nSPS) is 16.7. The van der Waals surface area contributed by atoms with Gasteiger partial charge < -0.3 is 14.8 Å². The maximum absolute atomic E-state index is 13.5. The third kappa shape index (κ3) is 4.70. The number of nitro groups is 1. The van der Waals surface area contributed by atoms with E-state index in [1.165, 1.54) is 23.6 Å². The Morgan fingerprint density at radius 2 is 1.92 bits per heavy atom. The number of para-hydroxylation sites is 1. The molecule has 2 aromatic carbocycles. The van der Waals surface area contributed by atoms with E-state index in [4.69, 9.17) is 9.47 Å². The second-order valence-electron chi connectivity index (χ2n) is 10.1. The van der Waals surface area contributed by atoms with Gasteiger partial charge in [0, 0.05) is 16.8 Å². The van der Waals surface area contributed by atoms with Crippen molar-refractivity contribution in [2.24, 2.45) is 16.3 Å². The number of nitrogens with zero attached hydrogens (tertiary/aromatic N) is 2. The number of anilines is 1. The van der Waals surface area contributed by atoms with Crippen LogP contribution in [0.2, 0.25) is 0 Å². The first-order valence-electron chi connectivity index (χ1n) is 11.8. The molecule has 0 saturated carbocycles. The molecule has 0 unspecified atom stereocenters. The van der Waals surface area contributed by atoms with Crippen LogP contribution in [0.15, 0.2) is 47.5 Å². The molecule has 2 heterocycles. The number of ether oxygens (including phenoxy) is 2. The molecule has 8 nitrogen and oxygen atoms in total. The van der Waals surface area contributed by atoms with Gasteiger partial charge in [0.15, 0.2) is 11.5 Å². The van der Waals surface area contributed by atoms with E-state index >= 15 is 0 Å². The summed E-state index contributed by atoms with van der Waals surface area (Å²) in [5.74, 6) is 1.05. The summed E-state index contributed by atoms with van der Waals surface area (Å²) in [6, 6.07) is 12.2. The van der Waals surface area contributed by atoms with Crippen LogP contribution >= 0.6 is 11.3 Å². The zero-order valence-electron chi connectivity index (χ0n) is 20.4. The standard InChI is InChI=1S/C27H27N3O5S/c1-27(2,3)17-9-10-19-23(12-17)36-26(24(19)25(31)29-18-7-5-4-6-8-18)28-14-16-11-21-22(35-15-34-21)13-20(16)30(32)33/h4-8,11,13-14,17H,9-10,12,15H2,1-3H3,(H,29,31)/t17-/m0/s1. The molecule has 1 atom stereocenters. The maximum atomic E-state index is 13.5. The van der Waals surface area contributed by atoms with Crippen LogP contribution in [0.5, 0.6) is 11.5 Å². The molecule has 186 valence electrons. The number of benzene rings is 2. The van der Waals surface area contributed by atoms with E-state index in [0.717, 1.165) is 29.7 Å². The van der Waals surface area contributed by atoms with Crippen LogP contribution in [0.4, 0.5) is 16.4 Å². The average molecular weight is 506 g/mol.